The number of aromatic amines is 1. The van der Waals surface area contributed by atoms with E-state index in [0.29, 0.717) is 5.82 Å². The van der Waals surface area contributed by atoms with Gasteiger partial charge in [-0.15, -0.1) is 16.4 Å². The van der Waals surface area contributed by atoms with Gasteiger partial charge >= 0.3 is 5.69 Å². The van der Waals surface area contributed by atoms with Crippen molar-refractivity contribution in [2.75, 3.05) is 5.32 Å². The number of aryl methyl sites for hydroxylation is 2. The number of aromatic nitrogens is 6. The second-order valence-corrected chi connectivity index (χ2v) is 5.94. The average Bonchev–Trinajstić information content (AvgIpc) is 3.16. The second kappa shape index (κ2) is 5.56. The summed E-state index contributed by atoms with van der Waals surface area (Å²) in [5.74, 6) is 0.326. The van der Waals surface area contributed by atoms with Crippen LogP contribution in [0.5, 0.6) is 0 Å². The average molecular weight is 319 g/mol. The predicted molar refractivity (Wildman–Crippen MR) is 80.5 cm³/mol. The van der Waals surface area contributed by atoms with E-state index in [0.717, 1.165) is 14.4 Å². The molecule has 2 N–H and O–H groups in total. The predicted octanol–water partition coefficient (Wildman–Crippen LogP) is 0.376. The maximum absolute atomic E-state index is 11.9. The van der Waals surface area contributed by atoms with E-state index in [1.54, 1.807) is 18.4 Å². The minimum Gasteiger partial charge on any atom is -0.292 e. The van der Waals surface area contributed by atoms with Crippen LogP contribution in [-0.4, -0.2) is 35.4 Å². The Labute approximate surface area is 128 Å². The smallest absolute Gasteiger partial charge is 0.292 e. The number of nitrogens with one attached hydrogen (secondary N) is 2. The number of carbonyl (C=O) groups excluding carboxylic acids is 1. The first-order chi connectivity index (χ1) is 10.5. The zero-order valence-corrected chi connectivity index (χ0v) is 12.7. The first-order valence-electron chi connectivity index (χ1n) is 6.40. The van der Waals surface area contributed by atoms with Crippen LogP contribution in [0, 0.1) is 6.92 Å². The topological polar surface area (TPSA) is 110 Å². The van der Waals surface area contributed by atoms with Crippen molar-refractivity contribution >= 4 is 23.2 Å². The van der Waals surface area contributed by atoms with Crippen molar-refractivity contribution in [3.63, 3.8) is 0 Å². The molecule has 3 aromatic rings. The number of nitrogens with zero attached hydrogens (tertiary/aromatic N) is 5. The summed E-state index contributed by atoms with van der Waals surface area (Å²) >= 11 is 1.58. The summed E-state index contributed by atoms with van der Waals surface area (Å²) in [4.78, 5) is 29.8. The van der Waals surface area contributed by atoms with Crippen molar-refractivity contribution in [2.45, 2.75) is 13.5 Å². The highest BCUT2D eigenvalue weighted by atomic mass is 32.1. The van der Waals surface area contributed by atoms with Crippen LogP contribution in [0.25, 0.3) is 10.7 Å². The summed E-state index contributed by atoms with van der Waals surface area (Å²) in [6, 6.07) is 3.91. The third-order valence-electron chi connectivity index (χ3n) is 2.89. The molecular formula is C12H13N7O2S. The lowest BCUT2D eigenvalue weighted by atomic mass is 10.4. The Morgan fingerprint density at radius 1 is 1.45 bits per heavy atom. The molecule has 1 amide bonds. The third kappa shape index (κ3) is 2.81. The molecule has 0 fully saturated rings. The highest BCUT2D eigenvalue weighted by molar-refractivity contribution is 7.15. The van der Waals surface area contributed by atoms with Crippen molar-refractivity contribution in [2.24, 2.45) is 7.05 Å². The van der Waals surface area contributed by atoms with Crippen molar-refractivity contribution in [1.82, 2.24) is 29.5 Å². The summed E-state index contributed by atoms with van der Waals surface area (Å²) in [6.45, 7) is 1.81. The van der Waals surface area contributed by atoms with Gasteiger partial charge in [0.05, 0.1) is 4.88 Å². The van der Waals surface area contributed by atoms with Gasteiger partial charge in [0.2, 0.25) is 11.9 Å². The van der Waals surface area contributed by atoms with Crippen LogP contribution >= 0.6 is 11.3 Å². The summed E-state index contributed by atoms with van der Waals surface area (Å²) in [5, 5.41) is 13.0. The first kappa shape index (κ1) is 14.2. The van der Waals surface area contributed by atoms with E-state index < -0.39 is 5.91 Å². The van der Waals surface area contributed by atoms with Gasteiger partial charge in [0.15, 0.2) is 5.82 Å². The van der Waals surface area contributed by atoms with Crippen molar-refractivity contribution in [1.29, 1.82) is 0 Å². The number of thiophene rings is 1. The summed E-state index contributed by atoms with van der Waals surface area (Å²) < 4.78 is 2.35. The Morgan fingerprint density at radius 2 is 2.27 bits per heavy atom. The van der Waals surface area contributed by atoms with E-state index >= 15 is 0 Å². The standard InChI is InChI=1S/C12H13N7O2S/c1-7-3-4-8(22-7)10-15-11(17-16-10)14-9(20)5-19-12(21)18(2)6-13-19/h3-4,6H,5H2,1-2H3,(H2,14,15,16,17,20). The van der Waals surface area contributed by atoms with Gasteiger partial charge in [0, 0.05) is 11.9 Å². The Hall–Kier alpha value is -2.75. The summed E-state index contributed by atoms with van der Waals surface area (Å²) in [6.07, 6.45) is 1.35. The van der Waals surface area contributed by atoms with E-state index in [4.69, 9.17) is 0 Å². The number of rotatable bonds is 4. The van der Waals surface area contributed by atoms with Gasteiger partial charge in [-0.3, -0.25) is 19.8 Å². The van der Waals surface area contributed by atoms with Crippen LogP contribution < -0.4 is 11.0 Å². The second-order valence-electron chi connectivity index (χ2n) is 4.65. The van der Waals surface area contributed by atoms with Crippen LogP contribution in [0.3, 0.4) is 0 Å². The van der Waals surface area contributed by atoms with Gasteiger partial charge < -0.3 is 0 Å². The first-order valence-corrected chi connectivity index (χ1v) is 7.22. The van der Waals surface area contributed by atoms with Crippen LogP contribution in [0.2, 0.25) is 0 Å². The summed E-state index contributed by atoms with van der Waals surface area (Å²) in [7, 11) is 1.56. The van der Waals surface area contributed by atoms with Crippen molar-refractivity contribution in [3.8, 4) is 10.7 Å². The molecule has 0 spiro atoms. The minimum absolute atomic E-state index is 0.162. The molecule has 0 saturated heterocycles. The molecule has 22 heavy (non-hydrogen) atoms. The number of hydrogen-bond donors (Lipinski definition) is 2. The lowest BCUT2D eigenvalue weighted by Gasteiger charge is -1.99. The molecule has 0 radical (unpaired) electrons. The molecule has 3 heterocycles. The number of H-pyrrole nitrogens is 1. The van der Waals surface area contributed by atoms with Crippen LogP contribution in [0.15, 0.2) is 23.3 Å². The Morgan fingerprint density at radius 3 is 2.91 bits per heavy atom. The normalized spacial score (nSPS) is 10.8. The Balaban J connectivity index is 1.68. The van der Waals surface area contributed by atoms with E-state index in [1.807, 2.05) is 19.1 Å². The quantitative estimate of drug-likeness (QED) is 0.722. The van der Waals surface area contributed by atoms with Gasteiger partial charge in [-0.25, -0.2) is 9.48 Å². The molecule has 0 saturated carbocycles. The maximum Gasteiger partial charge on any atom is 0.345 e. The SMILES string of the molecule is Cc1ccc(-c2nc(NC(=O)Cn3ncn(C)c3=O)n[nH]2)s1. The van der Waals surface area contributed by atoms with Crippen molar-refractivity contribution in [3.05, 3.63) is 33.8 Å². The lowest BCUT2D eigenvalue weighted by Crippen LogP contribution is -2.29. The molecule has 0 bridgehead atoms. The third-order valence-corrected chi connectivity index (χ3v) is 3.90. The molecule has 0 unspecified atom stereocenters. The fourth-order valence-corrected chi connectivity index (χ4v) is 2.63. The molecule has 0 atom stereocenters. The molecule has 9 nitrogen and oxygen atoms in total. The monoisotopic (exact) mass is 319 g/mol. The molecular weight excluding hydrogens is 306 g/mol. The fourth-order valence-electron chi connectivity index (χ4n) is 1.82. The molecule has 0 aliphatic carbocycles. The fraction of sp³-hybridized carbons (Fsp3) is 0.250. The molecule has 10 heteroatoms. The van der Waals surface area contributed by atoms with E-state index in [2.05, 4.69) is 25.6 Å². The number of anilines is 1. The van der Waals surface area contributed by atoms with E-state index in [-0.39, 0.29) is 18.2 Å². The maximum atomic E-state index is 11.9. The Kier molecular flexibility index (Phi) is 3.59. The molecule has 3 aromatic heterocycles. The largest absolute Gasteiger partial charge is 0.345 e. The number of carbonyl (C=O) groups is 1. The van der Waals surface area contributed by atoms with Crippen LogP contribution in [0.1, 0.15) is 4.88 Å². The van der Waals surface area contributed by atoms with Gasteiger partial charge in [-0.2, -0.15) is 10.1 Å². The molecule has 114 valence electrons. The van der Waals surface area contributed by atoms with Gasteiger partial charge in [-0.1, -0.05) is 0 Å². The molecule has 0 aliphatic rings. The highest BCUT2D eigenvalue weighted by Crippen LogP contribution is 2.24. The molecule has 0 aliphatic heterocycles. The zero-order chi connectivity index (χ0) is 15.7. The lowest BCUT2D eigenvalue weighted by molar-refractivity contribution is -0.117. The van der Waals surface area contributed by atoms with Crippen molar-refractivity contribution < 1.29 is 4.79 Å². The van der Waals surface area contributed by atoms with Crippen LogP contribution in [-0.2, 0) is 18.4 Å². The van der Waals surface area contributed by atoms with E-state index in [1.165, 1.54) is 10.9 Å². The number of amides is 1. The van der Waals surface area contributed by atoms with Gasteiger partial charge in [0.25, 0.3) is 0 Å². The minimum atomic E-state index is -0.422. The zero-order valence-electron chi connectivity index (χ0n) is 11.9. The highest BCUT2D eigenvalue weighted by Gasteiger charge is 2.12. The molecule has 3 rings (SSSR count). The molecule has 0 aromatic carbocycles. The van der Waals surface area contributed by atoms with Crippen LogP contribution in [0.4, 0.5) is 5.95 Å². The summed E-state index contributed by atoms with van der Waals surface area (Å²) in [5.41, 5.74) is -0.361. The van der Waals surface area contributed by atoms with E-state index in [9.17, 15) is 9.59 Å². The van der Waals surface area contributed by atoms with Gasteiger partial charge in [-0.05, 0) is 19.1 Å². The van der Waals surface area contributed by atoms with Gasteiger partial charge in [0.1, 0.15) is 12.9 Å². The number of hydrogen-bond acceptors (Lipinski definition) is 6. The Bertz CT molecular complexity index is 872.